The molecule has 3 nitrogen and oxygen atoms in total. The number of nitrogens with zero attached hydrogens (tertiary/aromatic N) is 2. The number of halogens is 1. The third kappa shape index (κ3) is 3.92. The zero-order valence-electron chi connectivity index (χ0n) is 13.2. The molecule has 0 unspecified atom stereocenters. The first-order chi connectivity index (χ1) is 11.3. The Balaban J connectivity index is 1.89. The highest BCUT2D eigenvalue weighted by atomic mass is 35.5. The zero-order chi connectivity index (χ0) is 16.1. The summed E-state index contributed by atoms with van der Waals surface area (Å²) in [7, 11) is 0. The van der Waals surface area contributed by atoms with E-state index >= 15 is 0 Å². The van der Waals surface area contributed by atoms with Crippen molar-refractivity contribution in [3.05, 3.63) is 64.9 Å². The van der Waals surface area contributed by atoms with Gasteiger partial charge < -0.3 is 10.3 Å². The summed E-state index contributed by atoms with van der Waals surface area (Å²) in [6.07, 6.45) is 4.33. The zero-order valence-corrected chi connectivity index (χ0v) is 14.0. The standard InChI is InChI=1S/C19H22ClN3/c20-16-8-6-7-15(13-16)14-23-18-10-4-3-9-17(18)22-19(23)11-2-1-5-12-21/h3-4,6-10,13H,1-2,5,11-12,14,21H2. The lowest BCUT2D eigenvalue weighted by Gasteiger charge is -2.10. The topological polar surface area (TPSA) is 43.8 Å². The minimum Gasteiger partial charge on any atom is -0.330 e. The molecule has 0 aliphatic carbocycles. The molecule has 0 radical (unpaired) electrons. The molecule has 0 saturated heterocycles. The van der Waals surface area contributed by atoms with Crippen LogP contribution in [0.1, 0.15) is 30.7 Å². The largest absolute Gasteiger partial charge is 0.330 e. The number of imidazole rings is 1. The minimum absolute atomic E-state index is 0.763. The fourth-order valence-electron chi connectivity index (χ4n) is 2.91. The number of para-hydroxylation sites is 2. The number of rotatable bonds is 7. The Morgan fingerprint density at radius 2 is 1.87 bits per heavy atom. The summed E-state index contributed by atoms with van der Waals surface area (Å²) in [6, 6.07) is 16.4. The lowest BCUT2D eigenvalue weighted by Crippen LogP contribution is -2.06. The van der Waals surface area contributed by atoms with Gasteiger partial charge in [0.1, 0.15) is 5.82 Å². The average molecular weight is 328 g/mol. The van der Waals surface area contributed by atoms with Gasteiger partial charge in [0.25, 0.3) is 0 Å². The summed E-state index contributed by atoms with van der Waals surface area (Å²) in [5, 5.41) is 0.774. The van der Waals surface area contributed by atoms with Gasteiger partial charge in [-0.15, -0.1) is 0 Å². The average Bonchev–Trinajstić information content (AvgIpc) is 2.90. The predicted molar refractivity (Wildman–Crippen MR) is 96.9 cm³/mol. The van der Waals surface area contributed by atoms with Gasteiger partial charge >= 0.3 is 0 Å². The SMILES string of the molecule is NCCCCCc1nc2ccccc2n1Cc1cccc(Cl)c1. The second kappa shape index (κ2) is 7.62. The molecular formula is C19H22ClN3. The first kappa shape index (κ1) is 16.0. The predicted octanol–water partition coefficient (Wildman–Crippen LogP) is 4.41. The number of hydrogen-bond donors (Lipinski definition) is 1. The van der Waals surface area contributed by atoms with Gasteiger partial charge in [0, 0.05) is 18.0 Å². The maximum atomic E-state index is 6.12. The lowest BCUT2D eigenvalue weighted by molar-refractivity contribution is 0.644. The van der Waals surface area contributed by atoms with Crippen molar-refractivity contribution in [2.24, 2.45) is 5.73 Å². The molecule has 120 valence electrons. The minimum atomic E-state index is 0.763. The smallest absolute Gasteiger partial charge is 0.110 e. The van der Waals surface area contributed by atoms with E-state index in [0.29, 0.717) is 0 Å². The maximum Gasteiger partial charge on any atom is 0.110 e. The van der Waals surface area contributed by atoms with E-state index in [4.69, 9.17) is 22.3 Å². The van der Waals surface area contributed by atoms with Gasteiger partial charge in [-0.2, -0.15) is 0 Å². The molecule has 0 bridgehead atoms. The van der Waals surface area contributed by atoms with Crippen LogP contribution in [0.25, 0.3) is 11.0 Å². The molecule has 0 aliphatic rings. The van der Waals surface area contributed by atoms with Crippen LogP contribution >= 0.6 is 11.6 Å². The molecule has 0 amide bonds. The number of unbranched alkanes of at least 4 members (excludes halogenated alkanes) is 2. The second-order valence-electron chi connectivity index (χ2n) is 5.83. The summed E-state index contributed by atoms with van der Waals surface area (Å²) in [6.45, 7) is 1.56. The highest BCUT2D eigenvalue weighted by molar-refractivity contribution is 6.30. The van der Waals surface area contributed by atoms with Crippen molar-refractivity contribution in [2.45, 2.75) is 32.2 Å². The molecule has 1 heterocycles. The van der Waals surface area contributed by atoms with Crippen LogP contribution < -0.4 is 5.73 Å². The van der Waals surface area contributed by atoms with Crippen molar-refractivity contribution in [1.29, 1.82) is 0 Å². The number of aromatic nitrogens is 2. The van der Waals surface area contributed by atoms with Crippen LogP contribution in [0.3, 0.4) is 0 Å². The third-order valence-electron chi connectivity index (χ3n) is 4.07. The second-order valence-corrected chi connectivity index (χ2v) is 6.27. The quantitative estimate of drug-likeness (QED) is 0.653. The molecular weight excluding hydrogens is 306 g/mol. The van der Waals surface area contributed by atoms with Crippen molar-refractivity contribution < 1.29 is 0 Å². The van der Waals surface area contributed by atoms with E-state index in [1.807, 2.05) is 24.3 Å². The molecule has 2 N–H and O–H groups in total. The summed E-state index contributed by atoms with van der Waals surface area (Å²) in [5.41, 5.74) is 9.02. The Bertz CT molecular complexity index is 779. The highest BCUT2D eigenvalue weighted by Gasteiger charge is 2.10. The lowest BCUT2D eigenvalue weighted by atomic mass is 10.2. The highest BCUT2D eigenvalue weighted by Crippen LogP contribution is 2.20. The summed E-state index contributed by atoms with van der Waals surface area (Å²) in [4.78, 5) is 4.83. The van der Waals surface area contributed by atoms with Crippen LogP contribution in [0.5, 0.6) is 0 Å². The van der Waals surface area contributed by atoms with E-state index in [2.05, 4.69) is 28.8 Å². The van der Waals surface area contributed by atoms with Gasteiger partial charge in [0.2, 0.25) is 0 Å². The Labute approximate surface area is 142 Å². The van der Waals surface area contributed by atoms with Crippen LogP contribution in [0, 0.1) is 0 Å². The van der Waals surface area contributed by atoms with Gasteiger partial charge in [-0.3, -0.25) is 0 Å². The van der Waals surface area contributed by atoms with E-state index < -0.39 is 0 Å². The molecule has 0 saturated carbocycles. The van der Waals surface area contributed by atoms with E-state index in [0.717, 1.165) is 55.1 Å². The Hall–Kier alpha value is -1.84. The molecule has 2 aromatic carbocycles. The Kier molecular flexibility index (Phi) is 5.31. The Morgan fingerprint density at radius 3 is 2.70 bits per heavy atom. The molecule has 0 fully saturated rings. The van der Waals surface area contributed by atoms with Crippen LogP contribution in [-0.4, -0.2) is 16.1 Å². The van der Waals surface area contributed by atoms with Crippen LogP contribution in [0.2, 0.25) is 5.02 Å². The molecule has 23 heavy (non-hydrogen) atoms. The first-order valence-electron chi connectivity index (χ1n) is 8.16. The van der Waals surface area contributed by atoms with E-state index in [9.17, 15) is 0 Å². The van der Waals surface area contributed by atoms with Crippen molar-refractivity contribution in [3.8, 4) is 0 Å². The molecule has 0 atom stereocenters. The maximum absolute atomic E-state index is 6.12. The van der Waals surface area contributed by atoms with Gasteiger partial charge in [-0.1, -0.05) is 42.3 Å². The van der Waals surface area contributed by atoms with Crippen molar-refractivity contribution in [3.63, 3.8) is 0 Å². The van der Waals surface area contributed by atoms with Gasteiger partial charge in [0.15, 0.2) is 0 Å². The first-order valence-corrected chi connectivity index (χ1v) is 8.54. The van der Waals surface area contributed by atoms with Crippen molar-refractivity contribution in [1.82, 2.24) is 9.55 Å². The van der Waals surface area contributed by atoms with Gasteiger partial charge in [-0.05, 0) is 49.2 Å². The summed E-state index contributed by atoms with van der Waals surface area (Å²) < 4.78 is 2.31. The fraction of sp³-hybridized carbons (Fsp3) is 0.316. The number of fused-ring (bicyclic) bond motifs is 1. The van der Waals surface area contributed by atoms with Gasteiger partial charge in [-0.25, -0.2) is 4.98 Å². The number of aryl methyl sites for hydroxylation is 1. The summed E-state index contributed by atoms with van der Waals surface area (Å²) in [5.74, 6) is 1.14. The van der Waals surface area contributed by atoms with E-state index in [1.54, 1.807) is 0 Å². The molecule has 1 aromatic heterocycles. The molecule has 0 spiro atoms. The number of benzene rings is 2. The summed E-state index contributed by atoms with van der Waals surface area (Å²) >= 11 is 6.12. The molecule has 4 heteroatoms. The van der Waals surface area contributed by atoms with Crippen LogP contribution in [0.4, 0.5) is 0 Å². The number of hydrogen-bond acceptors (Lipinski definition) is 2. The van der Waals surface area contributed by atoms with Gasteiger partial charge in [0.05, 0.1) is 11.0 Å². The normalized spacial score (nSPS) is 11.2. The van der Waals surface area contributed by atoms with E-state index in [-0.39, 0.29) is 0 Å². The fourth-order valence-corrected chi connectivity index (χ4v) is 3.13. The van der Waals surface area contributed by atoms with Crippen LogP contribution in [0.15, 0.2) is 48.5 Å². The van der Waals surface area contributed by atoms with Crippen molar-refractivity contribution >= 4 is 22.6 Å². The Morgan fingerprint density at radius 1 is 1.00 bits per heavy atom. The molecule has 3 rings (SSSR count). The molecule has 0 aliphatic heterocycles. The van der Waals surface area contributed by atoms with Crippen LogP contribution in [-0.2, 0) is 13.0 Å². The number of nitrogens with two attached hydrogens (primary N) is 1. The molecule has 3 aromatic rings. The monoisotopic (exact) mass is 327 g/mol. The van der Waals surface area contributed by atoms with Crippen molar-refractivity contribution in [2.75, 3.05) is 6.54 Å². The third-order valence-corrected chi connectivity index (χ3v) is 4.30. The van der Waals surface area contributed by atoms with E-state index in [1.165, 1.54) is 11.1 Å².